The molecule has 0 saturated heterocycles. The monoisotopic (exact) mass is 546 g/mol. The topological polar surface area (TPSA) is 241 Å². The highest BCUT2D eigenvalue weighted by Crippen LogP contribution is 2.11. The molecule has 12 N–H and O–H groups in total. The van der Waals surface area contributed by atoms with Gasteiger partial charge in [0.15, 0.2) is 5.96 Å². The van der Waals surface area contributed by atoms with Gasteiger partial charge < -0.3 is 44.0 Å². The number of carboxylic acid groups (broad SMARTS) is 1. The predicted octanol–water partition coefficient (Wildman–Crippen LogP) is -1.17. The molecule has 0 aliphatic heterocycles. The average Bonchev–Trinajstić information content (AvgIpc) is 2.85. The summed E-state index contributed by atoms with van der Waals surface area (Å²) in [6.45, 7) is 4.32. The zero-order valence-corrected chi connectivity index (χ0v) is 23.0. The van der Waals surface area contributed by atoms with E-state index in [-0.39, 0.29) is 31.3 Å². The van der Waals surface area contributed by atoms with Crippen LogP contribution in [0.25, 0.3) is 0 Å². The largest absolute Gasteiger partial charge is 0.480 e. The summed E-state index contributed by atoms with van der Waals surface area (Å²) in [6, 6.07) is -3.89. The summed E-state index contributed by atoms with van der Waals surface area (Å²) in [6.07, 6.45) is 4.79. The third kappa shape index (κ3) is 14.7. The van der Waals surface area contributed by atoms with Crippen LogP contribution in [0.15, 0.2) is 4.99 Å². The number of carboxylic acids is 1. The molecule has 0 aliphatic carbocycles. The maximum Gasteiger partial charge on any atom is 0.326 e. The van der Waals surface area contributed by atoms with Crippen LogP contribution in [0.2, 0.25) is 0 Å². The van der Waals surface area contributed by atoms with Crippen molar-refractivity contribution in [1.29, 1.82) is 0 Å². The second-order valence-electron chi connectivity index (χ2n) is 8.95. The maximum atomic E-state index is 13.3. The molecule has 0 heterocycles. The number of aliphatic imine (C=N–C) groups is 1. The molecular weight excluding hydrogens is 500 g/mol. The Morgan fingerprint density at radius 1 is 0.919 bits per heavy atom. The average molecular weight is 547 g/mol. The summed E-state index contributed by atoms with van der Waals surface area (Å²) in [4.78, 5) is 54.5. The molecular formula is C23H46N8O5S. The molecule has 0 spiro atoms. The Labute approximate surface area is 223 Å². The Morgan fingerprint density at radius 3 is 2.08 bits per heavy atom. The maximum absolute atomic E-state index is 13.3. The smallest absolute Gasteiger partial charge is 0.326 e. The molecule has 0 bridgehead atoms. The summed E-state index contributed by atoms with van der Waals surface area (Å²) in [5, 5.41) is 17.4. The van der Waals surface area contributed by atoms with Crippen molar-refractivity contribution in [3.05, 3.63) is 0 Å². The van der Waals surface area contributed by atoms with Crippen LogP contribution in [-0.2, 0) is 19.2 Å². The molecule has 37 heavy (non-hydrogen) atoms. The molecule has 0 rings (SSSR count). The number of guanidine groups is 1. The number of nitrogens with two attached hydrogens (primary N) is 4. The van der Waals surface area contributed by atoms with Crippen LogP contribution in [0.1, 0.15) is 58.8 Å². The highest BCUT2D eigenvalue weighted by atomic mass is 32.2. The number of unbranched alkanes of at least 4 members (excludes halogenated alkanes) is 1. The van der Waals surface area contributed by atoms with E-state index in [9.17, 15) is 24.3 Å². The molecule has 0 saturated carbocycles. The molecule has 5 unspecified atom stereocenters. The van der Waals surface area contributed by atoms with E-state index in [1.54, 1.807) is 11.8 Å². The van der Waals surface area contributed by atoms with Crippen molar-refractivity contribution in [2.45, 2.75) is 83.0 Å². The lowest BCUT2D eigenvalue weighted by Crippen LogP contribution is -2.58. The zero-order valence-electron chi connectivity index (χ0n) is 22.2. The minimum atomic E-state index is -1.18. The molecule has 13 nitrogen and oxygen atoms in total. The van der Waals surface area contributed by atoms with Gasteiger partial charge in [-0.05, 0) is 63.0 Å². The van der Waals surface area contributed by atoms with Crippen LogP contribution in [-0.4, -0.2) is 84.0 Å². The first-order valence-electron chi connectivity index (χ1n) is 12.6. The van der Waals surface area contributed by atoms with E-state index in [2.05, 4.69) is 20.9 Å². The summed E-state index contributed by atoms with van der Waals surface area (Å²) in [5.41, 5.74) is 22.1. The zero-order chi connectivity index (χ0) is 28.4. The van der Waals surface area contributed by atoms with Crippen LogP contribution in [0, 0.1) is 5.92 Å². The van der Waals surface area contributed by atoms with Gasteiger partial charge in [-0.1, -0.05) is 20.3 Å². The van der Waals surface area contributed by atoms with Gasteiger partial charge in [-0.3, -0.25) is 19.4 Å². The van der Waals surface area contributed by atoms with E-state index in [4.69, 9.17) is 22.9 Å². The van der Waals surface area contributed by atoms with Crippen LogP contribution >= 0.6 is 11.8 Å². The number of carbonyl (C=O) groups excluding carboxylic acids is 3. The third-order valence-electron chi connectivity index (χ3n) is 5.90. The second-order valence-corrected chi connectivity index (χ2v) is 9.94. The molecule has 5 atom stereocenters. The highest BCUT2D eigenvalue weighted by molar-refractivity contribution is 7.98. The lowest BCUT2D eigenvalue weighted by Gasteiger charge is -2.28. The summed E-state index contributed by atoms with van der Waals surface area (Å²) in [5.74, 6) is -2.49. The molecule has 0 aromatic heterocycles. The van der Waals surface area contributed by atoms with E-state index in [1.165, 1.54) is 0 Å². The van der Waals surface area contributed by atoms with Crippen molar-refractivity contribution >= 4 is 41.4 Å². The van der Waals surface area contributed by atoms with E-state index in [0.717, 1.165) is 0 Å². The normalized spacial score (nSPS) is 14.9. The van der Waals surface area contributed by atoms with Crippen molar-refractivity contribution in [3.8, 4) is 0 Å². The fourth-order valence-electron chi connectivity index (χ4n) is 3.39. The second kappa shape index (κ2) is 19.5. The van der Waals surface area contributed by atoms with Gasteiger partial charge in [-0.2, -0.15) is 11.8 Å². The van der Waals surface area contributed by atoms with Crippen molar-refractivity contribution in [3.63, 3.8) is 0 Å². The molecule has 0 radical (unpaired) electrons. The summed E-state index contributed by atoms with van der Waals surface area (Å²) in [7, 11) is 0. The van der Waals surface area contributed by atoms with Gasteiger partial charge in [0.05, 0.1) is 6.04 Å². The Morgan fingerprint density at radius 2 is 1.54 bits per heavy atom. The van der Waals surface area contributed by atoms with Gasteiger partial charge in [-0.15, -0.1) is 0 Å². The number of nitrogens with zero attached hydrogens (tertiary/aromatic N) is 1. The Bertz CT molecular complexity index is 751. The van der Waals surface area contributed by atoms with E-state index in [1.807, 2.05) is 20.1 Å². The van der Waals surface area contributed by atoms with Gasteiger partial charge in [0.25, 0.3) is 0 Å². The van der Waals surface area contributed by atoms with Crippen molar-refractivity contribution < 1.29 is 24.3 Å². The van der Waals surface area contributed by atoms with Gasteiger partial charge >= 0.3 is 5.97 Å². The minimum Gasteiger partial charge on any atom is -0.480 e. The van der Waals surface area contributed by atoms with Crippen molar-refractivity contribution in [1.82, 2.24) is 16.0 Å². The van der Waals surface area contributed by atoms with Crippen LogP contribution in [0.4, 0.5) is 0 Å². The molecule has 3 amide bonds. The quantitative estimate of drug-likeness (QED) is 0.0517. The third-order valence-corrected chi connectivity index (χ3v) is 6.55. The van der Waals surface area contributed by atoms with E-state index >= 15 is 0 Å². The molecule has 0 aliphatic rings. The number of aliphatic carboxylic acids is 1. The van der Waals surface area contributed by atoms with Crippen LogP contribution in [0.3, 0.4) is 0 Å². The fourth-order valence-corrected chi connectivity index (χ4v) is 3.88. The van der Waals surface area contributed by atoms with E-state index < -0.39 is 47.9 Å². The summed E-state index contributed by atoms with van der Waals surface area (Å²) < 4.78 is 0. The van der Waals surface area contributed by atoms with Crippen molar-refractivity contribution in [2.75, 3.05) is 25.1 Å². The minimum absolute atomic E-state index is 0.103. The van der Waals surface area contributed by atoms with Gasteiger partial charge in [0.1, 0.15) is 18.1 Å². The highest BCUT2D eigenvalue weighted by Gasteiger charge is 2.32. The Hall–Kier alpha value is -2.58. The van der Waals surface area contributed by atoms with Gasteiger partial charge in [0.2, 0.25) is 17.7 Å². The Balaban J connectivity index is 5.61. The van der Waals surface area contributed by atoms with E-state index in [0.29, 0.717) is 44.4 Å². The van der Waals surface area contributed by atoms with Crippen molar-refractivity contribution in [2.24, 2.45) is 33.8 Å². The molecule has 0 aromatic carbocycles. The van der Waals surface area contributed by atoms with Crippen LogP contribution < -0.4 is 38.9 Å². The first-order valence-corrected chi connectivity index (χ1v) is 14.0. The number of thioether (sulfide) groups is 1. The van der Waals surface area contributed by atoms with Gasteiger partial charge in [-0.25, -0.2) is 4.79 Å². The number of nitrogens with one attached hydrogen (secondary N) is 3. The standard InChI is InChI=1S/C23H46N8O5S/c1-4-14(2)18(31-19(32)15(25)10-13-37-3)21(34)29-16(9-7-12-28-23(26)27)20(33)30-17(22(35)36)8-5-6-11-24/h14-18H,4-13,24-25H2,1-3H3,(H,29,34)(H,30,33)(H,31,32)(H,35,36)(H4,26,27,28). The number of hydrogen-bond acceptors (Lipinski definition) is 8. The fraction of sp³-hybridized carbons (Fsp3) is 0.783. The molecule has 14 heteroatoms. The first-order chi connectivity index (χ1) is 17.5. The van der Waals surface area contributed by atoms with Crippen LogP contribution in [0.5, 0.6) is 0 Å². The molecule has 0 fully saturated rings. The summed E-state index contributed by atoms with van der Waals surface area (Å²) >= 11 is 1.56. The van der Waals surface area contributed by atoms with Gasteiger partial charge in [0, 0.05) is 6.54 Å². The predicted molar refractivity (Wildman–Crippen MR) is 147 cm³/mol. The molecule has 0 aromatic rings. The number of rotatable bonds is 20. The SMILES string of the molecule is CCC(C)C(NC(=O)C(N)CCSC)C(=O)NC(CCCN=C(N)N)C(=O)NC(CCCCN)C(=O)O. The number of carbonyl (C=O) groups is 4. The first kappa shape index (κ1) is 34.4. The Kier molecular flexibility index (Phi) is 18.2. The lowest BCUT2D eigenvalue weighted by atomic mass is 9.97. The molecule has 214 valence electrons. The number of hydrogen-bond donors (Lipinski definition) is 8. The lowest BCUT2D eigenvalue weighted by molar-refractivity contribution is -0.142. The number of amides is 3.